The van der Waals surface area contributed by atoms with Gasteiger partial charge in [0, 0.05) is 36.0 Å². The van der Waals surface area contributed by atoms with Gasteiger partial charge in [-0.05, 0) is 43.7 Å². The standard InChI is InChI=1S/C20H24ClN3O3/c1-14(2)24(20(26)27-3)13-18(25)23-11-10-22-9-5-8-17(22)19(23)15-6-4-7-16(21)12-15/h4-9,12,14,19H,10-11,13H2,1-3H3. The maximum Gasteiger partial charge on any atom is 0.410 e. The average molecular weight is 390 g/mol. The lowest BCUT2D eigenvalue weighted by Crippen LogP contribution is -2.49. The van der Waals surface area contributed by atoms with Crippen molar-refractivity contribution in [2.75, 3.05) is 20.2 Å². The average Bonchev–Trinajstić information content (AvgIpc) is 3.12. The van der Waals surface area contributed by atoms with Crippen molar-refractivity contribution in [3.05, 3.63) is 58.9 Å². The summed E-state index contributed by atoms with van der Waals surface area (Å²) in [7, 11) is 1.32. The van der Waals surface area contributed by atoms with Crippen LogP contribution in [-0.4, -0.2) is 52.6 Å². The van der Waals surface area contributed by atoms with Crippen molar-refractivity contribution in [3.63, 3.8) is 0 Å². The quantitative estimate of drug-likeness (QED) is 0.803. The normalized spacial score (nSPS) is 16.2. The van der Waals surface area contributed by atoms with Crippen molar-refractivity contribution in [1.29, 1.82) is 0 Å². The summed E-state index contributed by atoms with van der Waals surface area (Å²) < 4.78 is 6.98. The third-order valence-electron chi connectivity index (χ3n) is 4.86. The molecule has 27 heavy (non-hydrogen) atoms. The van der Waals surface area contributed by atoms with Gasteiger partial charge in [-0.1, -0.05) is 23.7 Å². The first-order valence-electron chi connectivity index (χ1n) is 8.97. The fraction of sp³-hybridized carbons (Fsp3) is 0.400. The minimum atomic E-state index is -0.502. The number of carbonyl (C=O) groups is 2. The zero-order chi connectivity index (χ0) is 19.6. The Morgan fingerprint density at radius 1 is 1.26 bits per heavy atom. The lowest BCUT2D eigenvalue weighted by Gasteiger charge is -2.38. The van der Waals surface area contributed by atoms with E-state index in [0.717, 1.165) is 11.3 Å². The van der Waals surface area contributed by atoms with Gasteiger partial charge in [-0.3, -0.25) is 9.69 Å². The lowest BCUT2D eigenvalue weighted by molar-refractivity contribution is -0.135. The zero-order valence-corrected chi connectivity index (χ0v) is 16.5. The molecule has 0 aliphatic carbocycles. The molecule has 1 atom stereocenters. The van der Waals surface area contributed by atoms with E-state index < -0.39 is 6.09 Å². The van der Waals surface area contributed by atoms with Gasteiger partial charge in [0.1, 0.15) is 6.54 Å². The lowest BCUT2D eigenvalue weighted by atomic mass is 9.99. The second-order valence-electron chi connectivity index (χ2n) is 6.86. The Bertz CT molecular complexity index is 833. The summed E-state index contributed by atoms with van der Waals surface area (Å²) in [6.07, 6.45) is 1.52. The van der Waals surface area contributed by atoms with Gasteiger partial charge in [-0.15, -0.1) is 0 Å². The summed E-state index contributed by atoms with van der Waals surface area (Å²) in [6.45, 7) is 4.97. The molecule has 0 fully saturated rings. The van der Waals surface area contributed by atoms with Crippen LogP contribution in [0.25, 0.3) is 0 Å². The van der Waals surface area contributed by atoms with E-state index in [1.54, 1.807) is 0 Å². The maximum atomic E-state index is 13.2. The number of rotatable bonds is 4. The summed E-state index contributed by atoms with van der Waals surface area (Å²) >= 11 is 6.20. The number of methoxy groups -OCH3 is 1. The van der Waals surface area contributed by atoms with Crippen LogP contribution in [0.3, 0.4) is 0 Å². The molecule has 1 unspecified atom stereocenters. The summed E-state index contributed by atoms with van der Waals surface area (Å²) in [5.41, 5.74) is 1.98. The van der Waals surface area contributed by atoms with Crippen LogP contribution in [0.5, 0.6) is 0 Å². The van der Waals surface area contributed by atoms with Gasteiger partial charge in [-0.2, -0.15) is 0 Å². The van der Waals surface area contributed by atoms with E-state index in [4.69, 9.17) is 16.3 Å². The molecule has 0 radical (unpaired) electrons. The van der Waals surface area contributed by atoms with E-state index in [0.29, 0.717) is 18.1 Å². The Morgan fingerprint density at radius 3 is 2.70 bits per heavy atom. The number of hydrogen-bond donors (Lipinski definition) is 0. The summed E-state index contributed by atoms with van der Waals surface area (Å²) in [4.78, 5) is 28.5. The first-order valence-corrected chi connectivity index (χ1v) is 9.34. The van der Waals surface area contributed by atoms with Gasteiger partial charge >= 0.3 is 6.09 Å². The smallest absolute Gasteiger partial charge is 0.410 e. The zero-order valence-electron chi connectivity index (χ0n) is 15.8. The van der Waals surface area contributed by atoms with E-state index in [2.05, 4.69) is 4.57 Å². The van der Waals surface area contributed by atoms with E-state index in [1.165, 1.54) is 12.0 Å². The number of fused-ring (bicyclic) bond motifs is 1. The molecule has 0 saturated carbocycles. The number of hydrogen-bond acceptors (Lipinski definition) is 3. The predicted octanol–water partition coefficient (Wildman–Crippen LogP) is 3.55. The van der Waals surface area contributed by atoms with Crippen molar-refractivity contribution in [2.45, 2.75) is 32.5 Å². The topological polar surface area (TPSA) is 54.8 Å². The Morgan fingerprint density at radius 2 is 2.04 bits per heavy atom. The fourth-order valence-corrected chi connectivity index (χ4v) is 3.69. The molecule has 0 N–H and O–H groups in total. The fourth-order valence-electron chi connectivity index (χ4n) is 3.49. The molecule has 144 valence electrons. The molecule has 3 rings (SSSR count). The first kappa shape index (κ1) is 19.3. The number of ether oxygens (including phenoxy) is 1. The Labute approximate surface area is 164 Å². The molecule has 1 aromatic heterocycles. The third-order valence-corrected chi connectivity index (χ3v) is 5.10. The minimum Gasteiger partial charge on any atom is -0.453 e. The van der Waals surface area contributed by atoms with Gasteiger partial charge < -0.3 is 14.2 Å². The van der Waals surface area contributed by atoms with Gasteiger partial charge in [0.25, 0.3) is 0 Å². The van der Waals surface area contributed by atoms with Crippen molar-refractivity contribution in [2.24, 2.45) is 0 Å². The van der Waals surface area contributed by atoms with Gasteiger partial charge in [-0.25, -0.2) is 4.79 Å². The van der Waals surface area contributed by atoms with E-state index in [1.807, 2.05) is 61.3 Å². The Kier molecular flexibility index (Phi) is 5.75. The Hall–Kier alpha value is -2.47. The van der Waals surface area contributed by atoms with Crippen LogP contribution in [0.15, 0.2) is 42.6 Å². The number of aromatic nitrogens is 1. The highest BCUT2D eigenvalue weighted by molar-refractivity contribution is 6.30. The molecule has 6 nitrogen and oxygen atoms in total. The summed E-state index contributed by atoms with van der Waals surface area (Å²) in [6, 6.07) is 11.2. The van der Waals surface area contributed by atoms with Gasteiger partial charge in [0.05, 0.1) is 13.2 Å². The van der Waals surface area contributed by atoms with E-state index in [-0.39, 0.29) is 24.5 Å². The van der Waals surface area contributed by atoms with Crippen molar-refractivity contribution in [3.8, 4) is 0 Å². The minimum absolute atomic E-state index is 0.0257. The second kappa shape index (κ2) is 8.05. The predicted molar refractivity (Wildman–Crippen MR) is 104 cm³/mol. The van der Waals surface area contributed by atoms with Gasteiger partial charge in [0.2, 0.25) is 5.91 Å². The number of benzene rings is 1. The molecule has 1 aromatic carbocycles. The number of halogens is 1. The van der Waals surface area contributed by atoms with Crippen LogP contribution in [0.1, 0.15) is 31.1 Å². The number of nitrogens with zero attached hydrogens (tertiary/aromatic N) is 3. The van der Waals surface area contributed by atoms with E-state index >= 15 is 0 Å². The molecule has 2 aromatic rings. The highest BCUT2D eigenvalue weighted by Gasteiger charge is 2.34. The molecule has 0 spiro atoms. The van der Waals surface area contributed by atoms with Crippen LogP contribution < -0.4 is 0 Å². The van der Waals surface area contributed by atoms with Crippen LogP contribution in [0.2, 0.25) is 5.02 Å². The molecule has 2 heterocycles. The SMILES string of the molecule is COC(=O)N(CC(=O)N1CCn2cccc2C1c1cccc(Cl)c1)C(C)C. The monoisotopic (exact) mass is 389 g/mol. The molecular formula is C20H24ClN3O3. The van der Waals surface area contributed by atoms with Crippen LogP contribution in [0, 0.1) is 0 Å². The highest BCUT2D eigenvalue weighted by Crippen LogP contribution is 2.33. The number of amides is 2. The second-order valence-corrected chi connectivity index (χ2v) is 7.30. The molecule has 7 heteroatoms. The molecular weight excluding hydrogens is 366 g/mol. The first-order chi connectivity index (χ1) is 12.9. The van der Waals surface area contributed by atoms with Crippen LogP contribution in [-0.2, 0) is 16.1 Å². The van der Waals surface area contributed by atoms with Crippen LogP contribution in [0.4, 0.5) is 4.79 Å². The molecule has 0 bridgehead atoms. The number of carbonyl (C=O) groups excluding carboxylic acids is 2. The summed E-state index contributed by atoms with van der Waals surface area (Å²) in [5, 5.41) is 0.627. The van der Waals surface area contributed by atoms with Crippen molar-refractivity contribution < 1.29 is 14.3 Å². The molecule has 1 aliphatic rings. The molecule has 1 aliphatic heterocycles. The third kappa shape index (κ3) is 3.95. The molecule has 2 amide bonds. The van der Waals surface area contributed by atoms with Gasteiger partial charge in [0.15, 0.2) is 0 Å². The maximum absolute atomic E-state index is 13.2. The highest BCUT2D eigenvalue weighted by atomic mass is 35.5. The molecule has 0 saturated heterocycles. The van der Waals surface area contributed by atoms with E-state index in [9.17, 15) is 9.59 Å². The Balaban J connectivity index is 1.93. The van der Waals surface area contributed by atoms with Crippen molar-refractivity contribution >= 4 is 23.6 Å². The largest absolute Gasteiger partial charge is 0.453 e. The van der Waals surface area contributed by atoms with Crippen molar-refractivity contribution in [1.82, 2.24) is 14.4 Å². The van der Waals surface area contributed by atoms with Crippen LogP contribution >= 0.6 is 11.6 Å². The summed E-state index contributed by atoms with van der Waals surface area (Å²) in [5.74, 6) is -0.119.